The van der Waals surface area contributed by atoms with Crippen LogP contribution < -0.4 is 15.5 Å². The third kappa shape index (κ3) is 4.48. The molecule has 2 atom stereocenters. The predicted octanol–water partition coefficient (Wildman–Crippen LogP) is -1.15. The zero-order valence-corrected chi connectivity index (χ0v) is 13.0. The van der Waals surface area contributed by atoms with Crippen molar-refractivity contribution in [3.8, 4) is 0 Å². The molecule has 1 saturated heterocycles. The lowest BCUT2D eigenvalue weighted by atomic mass is 10.1. The highest BCUT2D eigenvalue weighted by atomic mass is 19.1. The first-order valence-corrected chi connectivity index (χ1v) is 7.34. The Morgan fingerprint density at radius 2 is 2.17 bits per heavy atom. The van der Waals surface area contributed by atoms with Gasteiger partial charge in [0, 0.05) is 6.07 Å². The fraction of sp³-hybridized carbons (Fsp3) is 0.400. The van der Waals surface area contributed by atoms with Gasteiger partial charge in [0.25, 0.3) is 11.8 Å². The van der Waals surface area contributed by atoms with Crippen molar-refractivity contribution in [2.75, 3.05) is 32.1 Å². The third-order valence-electron chi connectivity index (χ3n) is 3.74. The number of anilines is 1. The molecule has 9 heteroatoms. The molecule has 1 aliphatic heterocycles. The Labute approximate surface area is 136 Å². The summed E-state index contributed by atoms with van der Waals surface area (Å²) in [6.45, 7) is 0.616. The maximum atomic E-state index is 13.6. The molecule has 1 heterocycles. The molecular weight excluding hydrogens is 324 g/mol. The Balaban J connectivity index is 2.03. The second-order valence-corrected chi connectivity index (χ2v) is 5.38. The SMILES string of the molecule is COC(=O)C[C@H]1C(=O)NCC[NH+]1CC(=O)Nc1cc(F)ccc1F. The lowest BCUT2D eigenvalue weighted by Gasteiger charge is -2.30. The number of piperazine rings is 1. The van der Waals surface area contributed by atoms with Gasteiger partial charge in [0.15, 0.2) is 12.6 Å². The molecule has 0 radical (unpaired) electrons. The number of hydrogen-bond donors (Lipinski definition) is 3. The summed E-state index contributed by atoms with van der Waals surface area (Å²) < 4.78 is 31.2. The van der Waals surface area contributed by atoms with Gasteiger partial charge in [-0.3, -0.25) is 14.4 Å². The summed E-state index contributed by atoms with van der Waals surface area (Å²) in [4.78, 5) is 36.0. The zero-order valence-electron chi connectivity index (χ0n) is 13.0. The quantitative estimate of drug-likeness (QED) is 0.590. The molecule has 130 valence electrons. The number of nitrogens with one attached hydrogen (secondary N) is 3. The summed E-state index contributed by atoms with van der Waals surface area (Å²) in [5, 5.41) is 4.90. The molecule has 0 aromatic heterocycles. The minimum absolute atomic E-state index is 0.162. The van der Waals surface area contributed by atoms with Crippen molar-refractivity contribution in [3.63, 3.8) is 0 Å². The van der Waals surface area contributed by atoms with Crippen LogP contribution in [-0.4, -0.2) is 50.6 Å². The number of methoxy groups -OCH3 is 1. The van der Waals surface area contributed by atoms with Gasteiger partial charge in [-0.05, 0) is 12.1 Å². The van der Waals surface area contributed by atoms with E-state index in [1.54, 1.807) is 0 Å². The van der Waals surface area contributed by atoms with Crippen LogP contribution >= 0.6 is 0 Å². The summed E-state index contributed by atoms with van der Waals surface area (Å²) in [7, 11) is 1.21. The van der Waals surface area contributed by atoms with Crippen molar-refractivity contribution in [1.82, 2.24) is 5.32 Å². The summed E-state index contributed by atoms with van der Waals surface area (Å²) >= 11 is 0. The minimum Gasteiger partial charge on any atom is -0.469 e. The van der Waals surface area contributed by atoms with Crippen molar-refractivity contribution >= 4 is 23.5 Å². The first-order chi connectivity index (χ1) is 11.4. The lowest BCUT2D eigenvalue weighted by Crippen LogP contribution is -3.20. The van der Waals surface area contributed by atoms with Crippen molar-refractivity contribution in [2.24, 2.45) is 0 Å². The van der Waals surface area contributed by atoms with Crippen LogP contribution in [0.15, 0.2) is 18.2 Å². The van der Waals surface area contributed by atoms with E-state index in [-0.39, 0.29) is 24.6 Å². The second kappa shape index (κ2) is 7.82. The molecule has 2 amide bonds. The van der Waals surface area contributed by atoms with Gasteiger partial charge in [-0.25, -0.2) is 8.78 Å². The number of esters is 1. The van der Waals surface area contributed by atoms with Gasteiger partial charge in [0.05, 0.1) is 25.9 Å². The van der Waals surface area contributed by atoms with Crippen LogP contribution in [0, 0.1) is 11.6 Å². The van der Waals surface area contributed by atoms with Gasteiger partial charge >= 0.3 is 5.97 Å². The van der Waals surface area contributed by atoms with Crippen molar-refractivity contribution in [2.45, 2.75) is 12.5 Å². The van der Waals surface area contributed by atoms with E-state index >= 15 is 0 Å². The molecule has 1 aromatic rings. The van der Waals surface area contributed by atoms with Crippen LogP contribution in [-0.2, 0) is 19.1 Å². The van der Waals surface area contributed by atoms with Gasteiger partial charge in [-0.15, -0.1) is 0 Å². The van der Waals surface area contributed by atoms with Crippen LogP contribution in [0.2, 0.25) is 0 Å². The molecule has 0 saturated carbocycles. The second-order valence-electron chi connectivity index (χ2n) is 5.38. The van der Waals surface area contributed by atoms with Crippen LogP contribution in [0.5, 0.6) is 0 Å². The summed E-state index contributed by atoms with van der Waals surface area (Å²) in [5.74, 6) is -2.95. The van der Waals surface area contributed by atoms with Crippen molar-refractivity contribution in [3.05, 3.63) is 29.8 Å². The Hall–Kier alpha value is -2.55. The number of amides is 2. The highest BCUT2D eigenvalue weighted by Gasteiger charge is 2.36. The maximum Gasteiger partial charge on any atom is 0.312 e. The Morgan fingerprint density at radius 1 is 1.42 bits per heavy atom. The number of ether oxygens (including phenoxy) is 1. The van der Waals surface area contributed by atoms with Crippen LogP contribution in [0.25, 0.3) is 0 Å². The smallest absolute Gasteiger partial charge is 0.312 e. The number of hydrogen-bond acceptors (Lipinski definition) is 4. The highest BCUT2D eigenvalue weighted by Crippen LogP contribution is 2.14. The number of carbonyl (C=O) groups is 3. The van der Waals surface area contributed by atoms with Crippen molar-refractivity contribution < 1.29 is 32.8 Å². The van der Waals surface area contributed by atoms with Crippen LogP contribution in [0.3, 0.4) is 0 Å². The molecule has 1 fully saturated rings. The number of rotatable bonds is 5. The molecular formula is C15H18F2N3O4+. The average Bonchev–Trinajstić information content (AvgIpc) is 2.54. The number of benzene rings is 1. The van der Waals surface area contributed by atoms with E-state index in [0.29, 0.717) is 18.0 Å². The maximum absolute atomic E-state index is 13.6. The molecule has 24 heavy (non-hydrogen) atoms. The molecule has 2 rings (SSSR count). The fourth-order valence-corrected chi connectivity index (χ4v) is 2.52. The summed E-state index contributed by atoms with van der Waals surface area (Å²) in [6, 6.07) is 1.95. The van der Waals surface area contributed by atoms with E-state index in [1.165, 1.54) is 7.11 Å². The Morgan fingerprint density at radius 3 is 2.88 bits per heavy atom. The normalized spacial score (nSPS) is 20.2. The van der Waals surface area contributed by atoms with Gasteiger partial charge in [0.2, 0.25) is 0 Å². The van der Waals surface area contributed by atoms with Gasteiger partial charge in [-0.1, -0.05) is 0 Å². The van der Waals surface area contributed by atoms with Gasteiger partial charge < -0.3 is 20.3 Å². The Bertz CT molecular complexity index is 654. The topological polar surface area (TPSA) is 88.9 Å². The zero-order chi connectivity index (χ0) is 17.7. The van der Waals surface area contributed by atoms with E-state index in [9.17, 15) is 23.2 Å². The molecule has 0 aliphatic carbocycles. The standard InChI is InChI=1S/C15H17F2N3O4/c1-24-14(22)7-12-15(23)18-4-5-20(12)8-13(21)19-11-6-9(16)2-3-10(11)17/h2-3,6,12H,4-5,7-8H2,1H3,(H,18,23)(H,19,21)/p+1/t12-/m0/s1. The predicted molar refractivity (Wildman–Crippen MR) is 79.1 cm³/mol. The van der Waals surface area contributed by atoms with Crippen LogP contribution in [0.4, 0.5) is 14.5 Å². The Kier molecular flexibility index (Phi) is 5.80. The summed E-state index contributed by atoms with van der Waals surface area (Å²) in [5.41, 5.74) is -0.273. The third-order valence-corrected chi connectivity index (χ3v) is 3.74. The molecule has 7 nitrogen and oxygen atoms in total. The number of halogens is 2. The molecule has 3 N–H and O–H groups in total. The van der Waals surface area contributed by atoms with E-state index in [4.69, 9.17) is 0 Å². The molecule has 1 aliphatic rings. The molecule has 0 bridgehead atoms. The van der Waals surface area contributed by atoms with E-state index < -0.39 is 29.6 Å². The van der Waals surface area contributed by atoms with E-state index in [0.717, 1.165) is 18.2 Å². The number of carbonyl (C=O) groups excluding carboxylic acids is 3. The lowest BCUT2D eigenvalue weighted by molar-refractivity contribution is -0.909. The fourth-order valence-electron chi connectivity index (χ4n) is 2.52. The molecule has 0 spiro atoms. The van der Waals surface area contributed by atoms with Gasteiger partial charge in [0.1, 0.15) is 18.1 Å². The minimum atomic E-state index is -0.769. The van der Waals surface area contributed by atoms with Gasteiger partial charge in [-0.2, -0.15) is 0 Å². The van der Waals surface area contributed by atoms with E-state index in [1.807, 2.05) is 0 Å². The number of quaternary nitrogens is 1. The summed E-state index contributed by atoms with van der Waals surface area (Å²) in [6.07, 6.45) is -0.167. The average molecular weight is 342 g/mol. The van der Waals surface area contributed by atoms with E-state index in [2.05, 4.69) is 15.4 Å². The largest absolute Gasteiger partial charge is 0.469 e. The molecule has 1 unspecified atom stereocenters. The molecule has 1 aromatic carbocycles. The van der Waals surface area contributed by atoms with Crippen molar-refractivity contribution in [1.29, 1.82) is 0 Å². The first-order valence-electron chi connectivity index (χ1n) is 7.34. The van der Waals surface area contributed by atoms with Crippen LogP contribution in [0.1, 0.15) is 6.42 Å². The highest BCUT2D eigenvalue weighted by molar-refractivity contribution is 5.92. The monoisotopic (exact) mass is 342 g/mol. The first kappa shape index (κ1) is 17.8.